The second-order valence-corrected chi connectivity index (χ2v) is 5.75. The van der Waals surface area contributed by atoms with Crippen molar-refractivity contribution >= 4 is 17.7 Å². The maximum absolute atomic E-state index is 9.87. The molecule has 0 aliphatic heterocycles. The molecule has 2 bridgehead atoms. The van der Waals surface area contributed by atoms with Crippen LogP contribution in [0.3, 0.4) is 0 Å². The molecule has 3 fully saturated rings. The highest BCUT2D eigenvalue weighted by Gasteiger charge is 2.37. The third kappa shape index (κ3) is 2.27. The number of aliphatic hydroxyl groups is 1. The number of hydrogen-bond acceptors (Lipinski definition) is 1. The lowest BCUT2D eigenvalue weighted by Gasteiger charge is -2.41. The van der Waals surface area contributed by atoms with E-state index in [1.807, 2.05) is 12.1 Å². The summed E-state index contributed by atoms with van der Waals surface area (Å²) in [6.07, 6.45) is 6.72. The summed E-state index contributed by atoms with van der Waals surface area (Å²) < 4.78 is 0. The molecule has 2 heteroatoms. The SMILES string of the molecule is OC1CC2CCC1C/C2=C\c1ccc(Cl)cc1. The summed E-state index contributed by atoms with van der Waals surface area (Å²) in [6, 6.07) is 8.00. The van der Waals surface area contributed by atoms with E-state index in [4.69, 9.17) is 11.6 Å². The molecule has 0 aromatic heterocycles. The summed E-state index contributed by atoms with van der Waals surface area (Å²) in [6.45, 7) is 0. The van der Waals surface area contributed by atoms with Crippen molar-refractivity contribution in [3.8, 4) is 0 Å². The van der Waals surface area contributed by atoms with Crippen molar-refractivity contribution in [3.63, 3.8) is 0 Å². The Bertz CT molecular complexity index is 435. The molecule has 17 heavy (non-hydrogen) atoms. The van der Waals surface area contributed by atoms with Crippen LogP contribution < -0.4 is 0 Å². The molecule has 0 radical (unpaired) electrons. The summed E-state index contributed by atoms with van der Waals surface area (Å²) >= 11 is 5.88. The molecule has 3 saturated carbocycles. The molecule has 3 aliphatic rings. The van der Waals surface area contributed by atoms with Gasteiger partial charge in [-0.1, -0.05) is 35.4 Å². The van der Waals surface area contributed by atoms with Crippen LogP contribution in [0.4, 0.5) is 0 Å². The van der Waals surface area contributed by atoms with Gasteiger partial charge < -0.3 is 5.11 Å². The van der Waals surface area contributed by atoms with E-state index in [0.29, 0.717) is 11.8 Å². The van der Waals surface area contributed by atoms with Crippen LogP contribution in [0.2, 0.25) is 5.02 Å². The fourth-order valence-corrected chi connectivity index (χ4v) is 3.33. The van der Waals surface area contributed by atoms with Gasteiger partial charge in [-0.2, -0.15) is 0 Å². The molecule has 1 aromatic rings. The number of allylic oxidation sites excluding steroid dienone is 1. The first kappa shape index (κ1) is 11.3. The average molecular weight is 249 g/mol. The minimum atomic E-state index is -0.0592. The third-order valence-corrected chi connectivity index (χ3v) is 4.45. The molecule has 0 heterocycles. The summed E-state index contributed by atoms with van der Waals surface area (Å²) in [5, 5.41) is 10.7. The van der Waals surface area contributed by atoms with Gasteiger partial charge in [0.15, 0.2) is 0 Å². The van der Waals surface area contributed by atoms with E-state index < -0.39 is 0 Å². The smallest absolute Gasteiger partial charge is 0.0577 e. The number of benzene rings is 1. The van der Waals surface area contributed by atoms with Crippen LogP contribution in [0.25, 0.3) is 6.08 Å². The lowest BCUT2D eigenvalue weighted by Crippen LogP contribution is -2.36. The Labute approximate surface area is 107 Å². The van der Waals surface area contributed by atoms with Crippen LogP contribution in [0, 0.1) is 11.8 Å². The minimum absolute atomic E-state index is 0.0592. The summed E-state index contributed by atoms with van der Waals surface area (Å²) in [5.41, 5.74) is 2.75. The normalized spacial score (nSPS) is 34.2. The first-order valence-electron chi connectivity index (χ1n) is 6.36. The fraction of sp³-hybridized carbons (Fsp3) is 0.467. The third-order valence-electron chi connectivity index (χ3n) is 4.20. The van der Waals surface area contributed by atoms with Crippen molar-refractivity contribution in [3.05, 3.63) is 40.4 Å². The molecule has 0 spiro atoms. The molecule has 3 aliphatic carbocycles. The quantitative estimate of drug-likeness (QED) is 0.799. The van der Waals surface area contributed by atoms with Crippen LogP contribution in [0.1, 0.15) is 31.2 Å². The lowest BCUT2D eigenvalue weighted by atomic mass is 9.66. The minimum Gasteiger partial charge on any atom is -0.393 e. The van der Waals surface area contributed by atoms with Crippen LogP contribution >= 0.6 is 11.6 Å². The predicted molar refractivity (Wildman–Crippen MR) is 70.9 cm³/mol. The van der Waals surface area contributed by atoms with E-state index in [0.717, 1.165) is 17.9 Å². The van der Waals surface area contributed by atoms with Gasteiger partial charge in [-0.15, -0.1) is 0 Å². The molecule has 0 amide bonds. The van der Waals surface area contributed by atoms with E-state index in [1.165, 1.54) is 24.0 Å². The topological polar surface area (TPSA) is 20.2 Å². The molecule has 1 aromatic carbocycles. The Kier molecular flexibility index (Phi) is 2.97. The molecule has 90 valence electrons. The Morgan fingerprint density at radius 1 is 1.18 bits per heavy atom. The van der Waals surface area contributed by atoms with Gasteiger partial charge in [-0.05, 0) is 55.2 Å². The highest BCUT2D eigenvalue weighted by Crippen LogP contribution is 2.45. The Hall–Kier alpha value is -0.790. The number of rotatable bonds is 1. The number of hydrogen-bond donors (Lipinski definition) is 1. The van der Waals surface area contributed by atoms with Crippen molar-refractivity contribution in [1.29, 1.82) is 0 Å². The van der Waals surface area contributed by atoms with E-state index in [9.17, 15) is 5.11 Å². The average Bonchev–Trinajstić information content (AvgIpc) is 2.34. The fourth-order valence-electron chi connectivity index (χ4n) is 3.20. The molecular weight excluding hydrogens is 232 g/mol. The number of aliphatic hydroxyl groups excluding tert-OH is 1. The van der Waals surface area contributed by atoms with E-state index >= 15 is 0 Å². The molecule has 1 N–H and O–H groups in total. The van der Waals surface area contributed by atoms with Crippen molar-refractivity contribution in [2.75, 3.05) is 0 Å². The Morgan fingerprint density at radius 3 is 2.53 bits per heavy atom. The first-order valence-corrected chi connectivity index (χ1v) is 6.74. The maximum Gasteiger partial charge on any atom is 0.0577 e. The van der Waals surface area contributed by atoms with Crippen LogP contribution in [0.15, 0.2) is 29.8 Å². The van der Waals surface area contributed by atoms with Crippen LogP contribution in [-0.2, 0) is 0 Å². The molecular formula is C15H17ClO. The largest absolute Gasteiger partial charge is 0.393 e. The molecule has 0 saturated heterocycles. The van der Waals surface area contributed by atoms with Gasteiger partial charge in [-0.25, -0.2) is 0 Å². The first-order chi connectivity index (χ1) is 8.22. The molecule has 3 atom stereocenters. The number of fused-ring (bicyclic) bond motifs is 3. The zero-order valence-corrected chi connectivity index (χ0v) is 10.5. The van der Waals surface area contributed by atoms with Gasteiger partial charge in [0.25, 0.3) is 0 Å². The second-order valence-electron chi connectivity index (χ2n) is 5.31. The predicted octanol–water partition coefficient (Wildman–Crippen LogP) is 3.90. The second kappa shape index (κ2) is 4.47. The zero-order chi connectivity index (χ0) is 11.8. The van der Waals surface area contributed by atoms with Crippen molar-refractivity contribution in [2.24, 2.45) is 11.8 Å². The molecule has 3 unspecified atom stereocenters. The summed E-state index contributed by atoms with van der Waals surface area (Å²) in [7, 11) is 0. The van der Waals surface area contributed by atoms with Gasteiger partial charge in [-0.3, -0.25) is 0 Å². The maximum atomic E-state index is 9.87. The van der Waals surface area contributed by atoms with Gasteiger partial charge in [0.1, 0.15) is 0 Å². The highest BCUT2D eigenvalue weighted by molar-refractivity contribution is 6.30. The molecule has 4 rings (SSSR count). The van der Waals surface area contributed by atoms with Gasteiger partial charge in [0.2, 0.25) is 0 Å². The van der Waals surface area contributed by atoms with E-state index in [-0.39, 0.29) is 6.10 Å². The van der Waals surface area contributed by atoms with Crippen molar-refractivity contribution < 1.29 is 5.11 Å². The monoisotopic (exact) mass is 248 g/mol. The standard InChI is InChI=1S/C15H17ClO/c16-14-5-1-10(2-6-14)7-13-8-12-4-3-11(13)9-15(12)17/h1-2,5-7,11-12,15,17H,3-4,8-9H2/b13-7+. The lowest BCUT2D eigenvalue weighted by molar-refractivity contribution is 0.0288. The van der Waals surface area contributed by atoms with Crippen molar-refractivity contribution in [2.45, 2.75) is 31.8 Å². The van der Waals surface area contributed by atoms with Gasteiger partial charge >= 0.3 is 0 Å². The van der Waals surface area contributed by atoms with Gasteiger partial charge in [0.05, 0.1) is 6.10 Å². The van der Waals surface area contributed by atoms with Crippen LogP contribution in [0.5, 0.6) is 0 Å². The summed E-state index contributed by atoms with van der Waals surface area (Å²) in [5.74, 6) is 1.10. The van der Waals surface area contributed by atoms with Crippen molar-refractivity contribution in [1.82, 2.24) is 0 Å². The zero-order valence-electron chi connectivity index (χ0n) is 9.77. The van der Waals surface area contributed by atoms with E-state index in [2.05, 4.69) is 18.2 Å². The van der Waals surface area contributed by atoms with Gasteiger partial charge in [0, 0.05) is 5.02 Å². The van der Waals surface area contributed by atoms with Crippen LogP contribution in [-0.4, -0.2) is 11.2 Å². The van der Waals surface area contributed by atoms with E-state index in [1.54, 1.807) is 0 Å². The summed E-state index contributed by atoms with van der Waals surface area (Å²) in [4.78, 5) is 0. The Balaban J connectivity index is 1.83. The number of halogens is 1. The Morgan fingerprint density at radius 2 is 1.94 bits per heavy atom. The molecule has 1 nitrogen and oxygen atoms in total. The highest BCUT2D eigenvalue weighted by atomic mass is 35.5.